The molecule has 1 aliphatic heterocycles. The van der Waals surface area contributed by atoms with Crippen LogP contribution in [0.25, 0.3) is 0 Å². The molecule has 0 aromatic rings. The Balaban J connectivity index is 2.76. The topological polar surface area (TPSA) is 119 Å². The summed E-state index contributed by atoms with van der Waals surface area (Å²) in [5, 5.41) is 17.6. The fourth-order valence-corrected chi connectivity index (χ4v) is 1.03. The Hall–Kier alpha value is -1.02. The molecule has 0 aliphatic carbocycles. The van der Waals surface area contributed by atoms with E-state index in [1.54, 1.807) is 0 Å². The molecule has 0 aromatic carbocycles. The van der Waals surface area contributed by atoms with E-state index in [2.05, 4.69) is 9.57 Å². The Morgan fingerprint density at radius 2 is 2.23 bits per heavy atom. The molecule has 0 saturated carbocycles. The van der Waals surface area contributed by atoms with Crippen molar-refractivity contribution >= 4 is 11.8 Å². The van der Waals surface area contributed by atoms with E-state index in [-0.39, 0.29) is 0 Å². The van der Waals surface area contributed by atoms with Crippen molar-refractivity contribution in [3.63, 3.8) is 0 Å². The number of hydrogen-bond donors (Lipinski definition) is 3. The van der Waals surface area contributed by atoms with Crippen LogP contribution in [0.5, 0.6) is 0 Å². The summed E-state index contributed by atoms with van der Waals surface area (Å²) >= 11 is 0. The van der Waals surface area contributed by atoms with E-state index in [1.807, 2.05) is 0 Å². The molecule has 1 aliphatic rings. The molecule has 1 rings (SSSR count). The van der Waals surface area contributed by atoms with E-state index in [1.165, 1.54) is 0 Å². The number of aliphatic hydroxyl groups excluding tert-OH is 2. The van der Waals surface area contributed by atoms with E-state index in [0.29, 0.717) is 0 Å². The van der Waals surface area contributed by atoms with E-state index >= 15 is 0 Å². The molecule has 0 radical (unpaired) electrons. The first kappa shape index (κ1) is 10.1. The zero-order valence-electron chi connectivity index (χ0n) is 6.54. The zero-order valence-corrected chi connectivity index (χ0v) is 6.54. The molecule has 0 bridgehead atoms. The van der Waals surface area contributed by atoms with E-state index < -0.39 is 36.7 Å². The lowest BCUT2D eigenvalue weighted by molar-refractivity contribution is -0.152. The van der Waals surface area contributed by atoms with Gasteiger partial charge in [0.2, 0.25) is 0 Å². The quantitative estimate of drug-likeness (QED) is 0.248. The SMILES string of the molecule is NOC1C(=O)C(=O)O[C@@H]1[C@H](O)CO. The van der Waals surface area contributed by atoms with Crippen molar-refractivity contribution in [3.05, 3.63) is 0 Å². The predicted octanol–water partition coefficient (Wildman–Crippen LogP) is -2.91. The first-order valence-electron chi connectivity index (χ1n) is 3.51. The number of carbonyl (C=O) groups excluding carboxylic acids is 2. The van der Waals surface area contributed by atoms with Gasteiger partial charge < -0.3 is 14.9 Å². The Bertz CT molecular complexity index is 229. The molecule has 0 aromatic heterocycles. The first-order chi connectivity index (χ1) is 6.11. The van der Waals surface area contributed by atoms with Crippen molar-refractivity contribution in [1.29, 1.82) is 0 Å². The molecule has 74 valence electrons. The lowest BCUT2D eigenvalue weighted by Gasteiger charge is -2.17. The minimum atomic E-state index is -1.37. The van der Waals surface area contributed by atoms with Crippen LogP contribution in [0, 0.1) is 0 Å². The Morgan fingerprint density at radius 1 is 1.62 bits per heavy atom. The van der Waals surface area contributed by atoms with Crippen molar-refractivity contribution in [2.75, 3.05) is 6.61 Å². The number of ketones is 1. The van der Waals surface area contributed by atoms with Gasteiger partial charge in [0, 0.05) is 0 Å². The molecule has 3 atom stereocenters. The van der Waals surface area contributed by atoms with Gasteiger partial charge in [-0.15, -0.1) is 0 Å². The van der Waals surface area contributed by atoms with Crippen molar-refractivity contribution in [2.45, 2.75) is 18.3 Å². The minimum Gasteiger partial charge on any atom is -0.450 e. The monoisotopic (exact) mass is 191 g/mol. The van der Waals surface area contributed by atoms with E-state index in [0.717, 1.165) is 0 Å². The highest BCUT2D eigenvalue weighted by Gasteiger charge is 2.47. The number of carbonyl (C=O) groups is 2. The number of nitrogens with two attached hydrogens (primary N) is 1. The largest absolute Gasteiger partial charge is 0.450 e. The maximum Gasteiger partial charge on any atom is 0.378 e. The van der Waals surface area contributed by atoms with Gasteiger partial charge in [-0.1, -0.05) is 0 Å². The van der Waals surface area contributed by atoms with Gasteiger partial charge >= 0.3 is 5.97 Å². The van der Waals surface area contributed by atoms with Gasteiger partial charge in [-0.25, -0.2) is 10.7 Å². The number of rotatable bonds is 3. The average molecular weight is 191 g/mol. The predicted molar refractivity (Wildman–Crippen MR) is 37.0 cm³/mol. The van der Waals surface area contributed by atoms with Crippen molar-refractivity contribution in [3.8, 4) is 0 Å². The average Bonchev–Trinajstić information content (AvgIpc) is 2.42. The third-order valence-electron chi connectivity index (χ3n) is 1.71. The van der Waals surface area contributed by atoms with Crippen LogP contribution in [-0.2, 0) is 19.2 Å². The summed E-state index contributed by atoms with van der Waals surface area (Å²) in [6, 6.07) is 0. The third kappa shape index (κ3) is 1.68. The highest BCUT2D eigenvalue weighted by Crippen LogP contribution is 2.17. The molecule has 0 spiro atoms. The van der Waals surface area contributed by atoms with E-state index in [4.69, 9.17) is 16.1 Å². The van der Waals surface area contributed by atoms with Crippen LogP contribution >= 0.6 is 0 Å². The number of ether oxygens (including phenoxy) is 1. The summed E-state index contributed by atoms with van der Waals surface area (Å²) in [5.41, 5.74) is 0. The lowest BCUT2D eigenvalue weighted by Crippen LogP contribution is -2.42. The second-order valence-corrected chi connectivity index (χ2v) is 2.54. The number of aliphatic hydroxyl groups is 2. The second-order valence-electron chi connectivity index (χ2n) is 2.54. The second kappa shape index (κ2) is 3.79. The molecule has 1 heterocycles. The van der Waals surface area contributed by atoms with Gasteiger partial charge in [0.25, 0.3) is 5.78 Å². The van der Waals surface area contributed by atoms with Crippen LogP contribution in [0.1, 0.15) is 0 Å². The zero-order chi connectivity index (χ0) is 10.0. The maximum absolute atomic E-state index is 10.9. The van der Waals surface area contributed by atoms with Gasteiger partial charge in [-0.3, -0.25) is 9.63 Å². The number of esters is 1. The Labute approximate surface area is 73.0 Å². The van der Waals surface area contributed by atoms with Crippen LogP contribution in [0.3, 0.4) is 0 Å². The summed E-state index contributed by atoms with van der Waals surface area (Å²) < 4.78 is 4.43. The van der Waals surface area contributed by atoms with Gasteiger partial charge in [0.05, 0.1) is 6.61 Å². The van der Waals surface area contributed by atoms with Gasteiger partial charge in [0.15, 0.2) is 12.2 Å². The fourth-order valence-electron chi connectivity index (χ4n) is 1.03. The fraction of sp³-hybridized carbons (Fsp3) is 0.667. The molecular weight excluding hydrogens is 182 g/mol. The van der Waals surface area contributed by atoms with Crippen molar-refractivity contribution in [1.82, 2.24) is 0 Å². The Kier molecular flexibility index (Phi) is 2.94. The summed E-state index contributed by atoms with van der Waals surface area (Å²) in [5.74, 6) is 2.65. The maximum atomic E-state index is 10.9. The van der Waals surface area contributed by atoms with Crippen LogP contribution in [0.15, 0.2) is 0 Å². The molecule has 7 nitrogen and oxygen atoms in total. The number of Topliss-reactive ketones (excluding diaryl/α,β-unsaturated/α-hetero) is 1. The van der Waals surface area contributed by atoms with Gasteiger partial charge in [0.1, 0.15) is 6.10 Å². The molecule has 13 heavy (non-hydrogen) atoms. The molecular formula is C6H9NO6. The summed E-state index contributed by atoms with van der Waals surface area (Å²) in [6.07, 6.45) is -3.94. The highest BCUT2D eigenvalue weighted by atomic mass is 16.7. The normalized spacial score (nSPS) is 30.4. The first-order valence-corrected chi connectivity index (χ1v) is 3.51. The van der Waals surface area contributed by atoms with Crippen LogP contribution < -0.4 is 5.90 Å². The van der Waals surface area contributed by atoms with Crippen molar-refractivity contribution in [2.24, 2.45) is 5.90 Å². The molecule has 1 fully saturated rings. The summed E-state index contributed by atoms with van der Waals surface area (Å²) in [7, 11) is 0. The molecule has 7 heteroatoms. The van der Waals surface area contributed by atoms with Crippen LogP contribution in [0.2, 0.25) is 0 Å². The van der Waals surface area contributed by atoms with Crippen LogP contribution in [0.4, 0.5) is 0 Å². The molecule has 4 N–H and O–H groups in total. The number of cyclic esters (lactones) is 1. The Morgan fingerprint density at radius 3 is 2.69 bits per heavy atom. The summed E-state index contributed by atoms with van der Waals surface area (Å²) in [4.78, 5) is 25.7. The van der Waals surface area contributed by atoms with Gasteiger partial charge in [-0.05, 0) is 0 Å². The van der Waals surface area contributed by atoms with Crippen LogP contribution in [-0.4, -0.2) is 46.9 Å². The van der Waals surface area contributed by atoms with E-state index in [9.17, 15) is 9.59 Å². The van der Waals surface area contributed by atoms with Gasteiger partial charge in [-0.2, -0.15) is 0 Å². The summed E-state index contributed by atoms with van der Waals surface area (Å²) in [6.45, 7) is -0.648. The molecule has 0 amide bonds. The third-order valence-corrected chi connectivity index (χ3v) is 1.71. The lowest BCUT2D eigenvalue weighted by atomic mass is 10.1. The minimum absolute atomic E-state index is 0.648. The molecule has 1 saturated heterocycles. The highest BCUT2D eigenvalue weighted by molar-refractivity contribution is 6.37. The number of hydrogen-bond acceptors (Lipinski definition) is 7. The smallest absolute Gasteiger partial charge is 0.378 e. The molecule has 1 unspecified atom stereocenters. The van der Waals surface area contributed by atoms with Crippen molar-refractivity contribution < 1.29 is 29.4 Å². The standard InChI is InChI=1S/C6H9NO6/c7-13-5-3(10)6(11)12-4(5)2(9)1-8/h2,4-5,8-9H,1,7H2/t2-,4-,5?/m1/s1.